The second-order valence-corrected chi connectivity index (χ2v) is 3.94. The molecule has 3 heteroatoms. The highest BCUT2D eigenvalue weighted by molar-refractivity contribution is 5.79. The molecule has 2 aromatic heterocycles. The molecule has 0 spiro atoms. The van der Waals surface area contributed by atoms with Crippen LogP contribution in [0.4, 0.5) is 0 Å². The van der Waals surface area contributed by atoms with E-state index in [1.165, 1.54) is 0 Å². The monoisotopic (exact) mass is 221 g/mol. The number of pyridine rings is 1. The zero-order chi connectivity index (χ0) is 11.7. The van der Waals surface area contributed by atoms with E-state index in [1.807, 2.05) is 49.5 Å². The third-order valence-electron chi connectivity index (χ3n) is 2.66. The van der Waals surface area contributed by atoms with Crippen molar-refractivity contribution in [3.05, 3.63) is 54.5 Å². The quantitative estimate of drug-likeness (QED) is 0.634. The summed E-state index contributed by atoms with van der Waals surface area (Å²) in [5, 5.41) is 1.05. The molecule has 0 aliphatic heterocycles. The molecule has 3 rings (SSSR count). The molecule has 3 aromatic rings. The number of hydrogen-bond donors (Lipinski definition) is 0. The minimum absolute atomic E-state index is 0.719. The van der Waals surface area contributed by atoms with Crippen LogP contribution in [0.15, 0.2) is 48.8 Å². The first-order valence-electron chi connectivity index (χ1n) is 5.48. The van der Waals surface area contributed by atoms with Crippen molar-refractivity contribution in [3.8, 4) is 11.4 Å². The minimum Gasteiger partial charge on any atom is -0.261 e. The summed E-state index contributed by atoms with van der Waals surface area (Å²) in [5.41, 5.74) is 2.90. The second kappa shape index (κ2) is 3.94. The molecular formula is C14H11N3. The van der Waals surface area contributed by atoms with Gasteiger partial charge in [0.05, 0.1) is 5.52 Å². The Morgan fingerprint density at radius 2 is 1.76 bits per heavy atom. The van der Waals surface area contributed by atoms with Crippen molar-refractivity contribution in [2.24, 2.45) is 0 Å². The van der Waals surface area contributed by atoms with E-state index in [4.69, 9.17) is 0 Å². The van der Waals surface area contributed by atoms with E-state index < -0.39 is 0 Å². The van der Waals surface area contributed by atoms with Gasteiger partial charge in [-0.25, -0.2) is 9.97 Å². The summed E-state index contributed by atoms with van der Waals surface area (Å²) in [6.07, 6.45) is 3.65. The third kappa shape index (κ3) is 1.87. The molecule has 0 fully saturated rings. The van der Waals surface area contributed by atoms with Crippen molar-refractivity contribution >= 4 is 10.9 Å². The largest absolute Gasteiger partial charge is 0.261 e. The normalized spacial score (nSPS) is 10.6. The van der Waals surface area contributed by atoms with Crippen molar-refractivity contribution in [3.63, 3.8) is 0 Å². The number of rotatable bonds is 1. The predicted molar refractivity (Wildman–Crippen MR) is 67.5 cm³/mol. The average molecular weight is 221 g/mol. The molecule has 0 saturated carbocycles. The number of nitrogens with zero attached hydrogens (tertiary/aromatic N) is 3. The van der Waals surface area contributed by atoms with Crippen molar-refractivity contribution in [1.82, 2.24) is 15.0 Å². The van der Waals surface area contributed by atoms with Gasteiger partial charge >= 0.3 is 0 Å². The van der Waals surface area contributed by atoms with Crippen molar-refractivity contribution in [2.45, 2.75) is 6.92 Å². The van der Waals surface area contributed by atoms with Gasteiger partial charge in [-0.05, 0) is 25.1 Å². The maximum atomic E-state index is 4.52. The summed E-state index contributed by atoms with van der Waals surface area (Å²) in [7, 11) is 0. The highest BCUT2D eigenvalue weighted by Gasteiger charge is 2.02. The summed E-state index contributed by atoms with van der Waals surface area (Å²) >= 11 is 0. The lowest BCUT2D eigenvalue weighted by atomic mass is 10.2. The van der Waals surface area contributed by atoms with Crippen molar-refractivity contribution < 1.29 is 0 Å². The molecule has 0 unspecified atom stereocenters. The summed E-state index contributed by atoms with van der Waals surface area (Å²) in [6, 6.07) is 11.9. The zero-order valence-corrected chi connectivity index (χ0v) is 9.46. The van der Waals surface area contributed by atoms with Gasteiger partial charge in [0, 0.05) is 29.0 Å². The Hall–Kier alpha value is -2.29. The Morgan fingerprint density at radius 3 is 2.59 bits per heavy atom. The van der Waals surface area contributed by atoms with Gasteiger partial charge in [-0.2, -0.15) is 0 Å². The molecule has 3 nitrogen and oxygen atoms in total. The van der Waals surface area contributed by atoms with E-state index in [2.05, 4.69) is 15.0 Å². The Bertz CT molecular complexity index is 660. The van der Waals surface area contributed by atoms with Crippen LogP contribution in [0.3, 0.4) is 0 Å². The molecule has 0 atom stereocenters. The number of benzene rings is 1. The van der Waals surface area contributed by atoms with Crippen molar-refractivity contribution in [1.29, 1.82) is 0 Å². The van der Waals surface area contributed by atoms with Gasteiger partial charge in [-0.1, -0.05) is 18.2 Å². The van der Waals surface area contributed by atoms with Gasteiger partial charge in [0.15, 0.2) is 5.82 Å². The van der Waals surface area contributed by atoms with Gasteiger partial charge in [0.25, 0.3) is 0 Å². The fraction of sp³-hybridized carbons (Fsp3) is 0.0714. The highest BCUT2D eigenvalue weighted by atomic mass is 14.9. The molecule has 0 radical (unpaired) electrons. The summed E-state index contributed by atoms with van der Waals surface area (Å²) in [5.74, 6) is 0.719. The Kier molecular flexibility index (Phi) is 2.29. The maximum Gasteiger partial charge on any atom is 0.161 e. The third-order valence-corrected chi connectivity index (χ3v) is 2.66. The lowest BCUT2D eigenvalue weighted by molar-refractivity contribution is 1.17. The molecule has 0 bridgehead atoms. The van der Waals surface area contributed by atoms with Gasteiger partial charge in [-0.15, -0.1) is 0 Å². The van der Waals surface area contributed by atoms with Gasteiger partial charge in [0.2, 0.25) is 0 Å². The molecule has 82 valence electrons. The SMILES string of the molecule is Cc1ccc(-c2ncc3ccccc3n2)cn1. The lowest BCUT2D eigenvalue weighted by Crippen LogP contribution is -1.91. The number of hydrogen-bond acceptors (Lipinski definition) is 3. The van der Waals surface area contributed by atoms with Gasteiger partial charge in [-0.3, -0.25) is 4.98 Å². The van der Waals surface area contributed by atoms with Crippen LogP contribution in [0.1, 0.15) is 5.69 Å². The molecule has 1 aromatic carbocycles. The average Bonchev–Trinajstić information content (AvgIpc) is 2.39. The Morgan fingerprint density at radius 1 is 0.882 bits per heavy atom. The number of para-hydroxylation sites is 1. The Labute approximate surface area is 99.2 Å². The molecule has 0 aliphatic rings. The topological polar surface area (TPSA) is 38.7 Å². The van der Waals surface area contributed by atoms with Crippen LogP contribution in [0.25, 0.3) is 22.3 Å². The van der Waals surface area contributed by atoms with Crippen LogP contribution < -0.4 is 0 Å². The minimum atomic E-state index is 0.719. The Balaban J connectivity index is 2.14. The van der Waals surface area contributed by atoms with E-state index >= 15 is 0 Å². The van der Waals surface area contributed by atoms with Crippen molar-refractivity contribution in [2.75, 3.05) is 0 Å². The van der Waals surface area contributed by atoms with E-state index in [-0.39, 0.29) is 0 Å². The van der Waals surface area contributed by atoms with Crippen LogP contribution >= 0.6 is 0 Å². The predicted octanol–water partition coefficient (Wildman–Crippen LogP) is 3.00. The highest BCUT2D eigenvalue weighted by Crippen LogP contribution is 2.17. The number of aromatic nitrogens is 3. The number of fused-ring (bicyclic) bond motifs is 1. The molecule has 0 saturated heterocycles. The van der Waals surface area contributed by atoms with E-state index in [9.17, 15) is 0 Å². The molecule has 0 aliphatic carbocycles. The molecule has 2 heterocycles. The second-order valence-electron chi connectivity index (χ2n) is 3.94. The molecular weight excluding hydrogens is 210 g/mol. The van der Waals surface area contributed by atoms with E-state index in [1.54, 1.807) is 6.20 Å². The molecule has 17 heavy (non-hydrogen) atoms. The van der Waals surface area contributed by atoms with Crippen LogP contribution in [0, 0.1) is 6.92 Å². The van der Waals surface area contributed by atoms with Crippen LogP contribution in [0.2, 0.25) is 0 Å². The number of aryl methyl sites for hydroxylation is 1. The molecule has 0 amide bonds. The van der Waals surface area contributed by atoms with Crippen LogP contribution in [-0.2, 0) is 0 Å². The fourth-order valence-electron chi connectivity index (χ4n) is 1.71. The summed E-state index contributed by atoms with van der Waals surface area (Å²) < 4.78 is 0. The zero-order valence-electron chi connectivity index (χ0n) is 9.46. The van der Waals surface area contributed by atoms with Crippen LogP contribution in [-0.4, -0.2) is 15.0 Å². The van der Waals surface area contributed by atoms with E-state index in [0.717, 1.165) is 28.0 Å². The van der Waals surface area contributed by atoms with Crippen LogP contribution in [0.5, 0.6) is 0 Å². The van der Waals surface area contributed by atoms with Gasteiger partial charge in [0.1, 0.15) is 0 Å². The maximum absolute atomic E-state index is 4.52. The first-order valence-corrected chi connectivity index (χ1v) is 5.48. The summed E-state index contributed by atoms with van der Waals surface area (Å²) in [4.78, 5) is 13.1. The smallest absolute Gasteiger partial charge is 0.161 e. The lowest BCUT2D eigenvalue weighted by Gasteiger charge is -2.02. The van der Waals surface area contributed by atoms with Gasteiger partial charge < -0.3 is 0 Å². The van der Waals surface area contributed by atoms with E-state index in [0.29, 0.717) is 0 Å². The standard InChI is InChI=1S/C14H11N3/c1-10-6-7-12(9-15-10)14-16-8-11-4-2-3-5-13(11)17-14/h2-9H,1H3. The first-order chi connectivity index (χ1) is 8.33. The summed E-state index contributed by atoms with van der Waals surface area (Å²) in [6.45, 7) is 1.96. The first kappa shape index (κ1) is 9.90. The fourth-order valence-corrected chi connectivity index (χ4v) is 1.71. The molecule has 0 N–H and O–H groups in total.